The summed E-state index contributed by atoms with van der Waals surface area (Å²) in [4.78, 5) is 42.3. The number of aryl methyl sites for hydroxylation is 1. The Kier molecular flexibility index (Phi) is 4.68. The van der Waals surface area contributed by atoms with Crippen molar-refractivity contribution in [2.24, 2.45) is 14.1 Å². The first-order valence-corrected chi connectivity index (χ1v) is 11.3. The predicted octanol–water partition coefficient (Wildman–Crippen LogP) is 3.28. The predicted molar refractivity (Wildman–Crippen MR) is 137 cm³/mol. The summed E-state index contributed by atoms with van der Waals surface area (Å²) in [6.45, 7) is 0. The Hall–Kier alpha value is -4.92. The van der Waals surface area contributed by atoms with Gasteiger partial charge in [-0.25, -0.2) is 9.59 Å². The number of fused-ring (bicyclic) bond motifs is 4. The molecule has 3 heterocycles. The quantitative estimate of drug-likeness (QED) is 0.363. The van der Waals surface area contributed by atoms with Crippen LogP contribution in [0.1, 0.15) is 10.4 Å². The van der Waals surface area contributed by atoms with E-state index in [1.807, 2.05) is 47.2 Å². The second-order valence-electron chi connectivity index (χ2n) is 8.61. The number of carbonyl (C=O) groups excluding carboxylic acids is 1. The molecule has 0 unspecified atom stereocenters. The van der Waals surface area contributed by atoms with Gasteiger partial charge in [0.1, 0.15) is 0 Å². The van der Waals surface area contributed by atoms with Crippen LogP contribution in [0.5, 0.6) is 0 Å². The SMILES string of the molecule is COC(=O)c1ccc(-n2c(-c3ccc4ccccc4c3)cn3c4c(=O)n(C)c(=O)n(C)c4nc23)cc1. The van der Waals surface area contributed by atoms with E-state index >= 15 is 0 Å². The van der Waals surface area contributed by atoms with Crippen molar-refractivity contribution < 1.29 is 9.53 Å². The molecule has 0 N–H and O–H groups in total. The third-order valence-corrected chi connectivity index (χ3v) is 6.56. The monoisotopic (exact) mass is 479 g/mol. The van der Waals surface area contributed by atoms with Crippen LogP contribution in [0.3, 0.4) is 0 Å². The van der Waals surface area contributed by atoms with Gasteiger partial charge in [-0.3, -0.25) is 22.9 Å². The minimum atomic E-state index is -0.447. The number of ether oxygens (including phenoxy) is 1. The molecule has 0 spiro atoms. The van der Waals surface area contributed by atoms with Crippen molar-refractivity contribution in [2.75, 3.05) is 7.11 Å². The molecule has 0 aliphatic heterocycles. The lowest BCUT2D eigenvalue weighted by Gasteiger charge is -2.11. The molecule has 0 saturated heterocycles. The molecule has 36 heavy (non-hydrogen) atoms. The van der Waals surface area contributed by atoms with E-state index in [9.17, 15) is 14.4 Å². The average Bonchev–Trinajstić information content (AvgIpc) is 3.46. The van der Waals surface area contributed by atoms with Crippen LogP contribution in [0.15, 0.2) is 82.5 Å². The van der Waals surface area contributed by atoms with Gasteiger partial charge in [0, 0.05) is 31.5 Å². The van der Waals surface area contributed by atoms with Crippen molar-refractivity contribution in [3.8, 4) is 16.9 Å². The second-order valence-corrected chi connectivity index (χ2v) is 8.61. The van der Waals surface area contributed by atoms with Crippen LogP contribution in [-0.4, -0.2) is 36.2 Å². The zero-order valence-corrected chi connectivity index (χ0v) is 19.8. The van der Waals surface area contributed by atoms with Crippen LogP contribution >= 0.6 is 0 Å². The molecule has 9 nitrogen and oxygen atoms in total. The summed E-state index contributed by atoms with van der Waals surface area (Å²) in [6, 6.07) is 21.2. The smallest absolute Gasteiger partial charge is 0.337 e. The number of aromatic nitrogens is 5. The van der Waals surface area contributed by atoms with Gasteiger partial charge in [-0.05, 0) is 41.1 Å². The van der Waals surface area contributed by atoms with E-state index in [-0.39, 0.29) is 0 Å². The van der Waals surface area contributed by atoms with Crippen molar-refractivity contribution in [1.82, 2.24) is 23.1 Å². The molecule has 6 rings (SSSR count). The molecule has 0 fully saturated rings. The summed E-state index contributed by atoms with van der Waals surface area (Å²) in [5.74, 6) is 0.0382. The number of rotatable bonds is 3. The summed E-state index contributed by atoms with van der Waals surface area (Å²) in [5, 5.41) is 2.19. The number of carbonyl (C=O) groups is 1. The lowest BCUT2D eigenvalue weighted by Crippen LogP contribution is -2.37. The number of benzene rings is 3. The third kappa shape index (κ3) is 3.02. The molecular weight excluding hydrogens is 458 g/mol. The van der Waals surface area contributed by atoms with Gasteiger partial charge < -0.3 is 4.74 Å². The lowest BCUT2D eigenvalue weighted by atomic mass is 10.1. The summed E-state index contributed by atoms with van der Waals surface area (Å²) < 4.78 is 10.9. The number of hydrogen-bond acceptors (Lipinski definition) is 5. The molecule has 3 aromatic carbocycles. The Bertz CT molecular complexity index is 1960. The number of nitrogens with zero attached hydrogens (tertiary/aromatic N) is 5. The Morgan fingerprint density at radius 2 is 1.61 bits per heavy atom. The van der Waals surface area contributed by atoms with E-state index in [2.05, 4.69) is 6.07 Å². The van der Waals surface area contributed by atoms with Gasteiger partial charge in [-0.1, -0.05) is 36.4 Å². The van der Waals surface area contributed by atoms with Crippen LogP contribution in [0.2, 0.25) is 0 Å². The third-order valence-electron chi connectivity index (χ3n) is 6.56. The minimum absolute atomic E-state index is 0.295. The molecule has 0 radical (unpaired) electrons. The van der Waals surface area contributed by atoms with Gasteiger partial charge in [0.25, 0.3) is 5.56 Å². The Morgan fingerprint density at radius 1 is 0.889 bits per heavy atom. The van der Waals surface area contributed by atoms with Crippen molar-refractivity contribution in [1.29, 1.82) is 0 Å². The van der Waals surface area contributed by atoms with Crippen LogP contribution in [0.25, 0.3) is 44.7 Å². The van der Waals surface area contributed by atoms with Gasteiger partial charge in [-0.2, -0.15) is 4.98 Å². The molecule has 0 saturated carbocycles. The van der Waals surface area contributed by atoms with E-state index in [4.69, 9.17) is 9.72 Å². The highest BCUT2D eigenvalue weighted by Gasteiger charge is 2.22. The zero-order chi connectivity index (χ0) is 25.1. The molecule has 6 aromatic rings. The topological polar surface area (TPSA) is 92.5 Å². The van der Waals surface area contributed by atoms with E-state index in [0.717, 1.165) is 32.3 Å². The maximum Gasteiger partial charge on any atom is 0.337 e. The molecule has 0 bridgehead atoms. The fraction of sp³-hybridized carbons (Fsp3) is 0.111. The molecule has 0 atom stereocenters. The fourth-order valence-electron chi connectivity index (χ4n) is 4.64. The first kappa shape index (κ1) is 21.6. The van der Waals surface area contributed by atoms with E-state index in [0.29, 0.717) is 22.5 Å². The van der Waals surface area contributed by atoms with Crippen molar-refractivity contribution in [3.05, 3.63) is 99.3 Å². The zero-order valence-electron chi connectivity index (χ0n) is 19.8. The van der Waals surface area contributed by atoms with Gasteiger partial charge in [-0.15, -0.1) is 0 Å². The number of esters is 1. The molecule has 3 aromatic heterocycles. The van der Waals surface area contributed by atoms with Crippen molar-refractivity contribution in [3.63, 3.8) is 0 Å². The highest BCUT2D eigenvalue weighted by atomic mass is 16.5. The van der Waals surface area contributed by atoms with Crippen molar-refractivity contribution in [2.45, 2.75) is 0 Å². The normalized spacial score (nSPS) is 11.5. The molecule has 9 heteroatoms. The maximum atomic E-state index is 13.1. The molecular formula is C27H21N5O4. The number of hydrogen-bond donors (Lipinski definition) is 0. The first-order chi connectivity index (χ1) is 17.4. The van der Waals surface area contributed by atoms with Gasteiger partial charge in [0.05, 0.1) is 18.4 Å². The molecule has 178 valence electrons. The summed E-state index contributed by atoms with van der Waals surface area (Å²) in [5.41, 5.74) is 2.60. The summed E-state index contributed by atoms with van der Waals surface area (Å²) in [6.07, 6.45) is 1.86. The lowest BCUT2D eigenvalue weighted by molar-refractivity contribution is 0.0600. The molecule has 0 aliphatic carbocycles. The van der Waals surface area contributed by atoms with E-state index < -0.39 is 17.2 Å². The second kappa shape index (κ2) is 7.81. The number of imidazole rings is 2. The van der Waals surface area contributed by atoms with E-state index in [1.54, 1.807) is 35.7 Å². The minimum Gasteiger partial charge on any atom is -0.465 e. The van der Waals surface area contributed by atoms with Crippen LogP contribution < -0.4 is 11.2 Å². The summed E-state index contributed by atoms with van der Waals surface area (Å²) >= 11 is 0. The van der Waals surface area contributed by atoms with Crippen molar-refractivity contribution >= 4 is 33.7 Å². The summed E-state index contributed by atoms with van der Waals surface area (Å²) in [7, 11) is 4.39. The largest absolute Gasteiger partial charge is 0.465 e. The van der Waals surface area contributed by atoms with Gasteiger partial charge >= 0.3 is 11.7 Å². The number of methoxy groups -OCH3 is 1. The highest BCUT2D eigenvalue weighted by Crippen LogP contribution is 2.31. The maximum absolute atomic E-state index is 13.1. The first-order valence-electron chi connectivity index (χ1n) is 11.3. The highest BCUT2D eigenvalue weighted by molar-refractivity contribution is 5.90. The Balaban J connectivity index is 1.70. The Morgan fingerprint density at radius 3 is 2.33 bits per heavy atom. The van der Waals surface area contributed by atoms with Gasteiger partial charge in [0.2, 0.25) is 5.78 Å². The standard InChI is InChI=1S/C27H21N5O4/c1-29-23-22(24(33)30(2)27(29)35)31-15-21(19-9-8-16-6-4-5-7-18(16)14-19)32(26(31)28-23)20-12-10-17(11-13-20)25(34)36-3/h4-15H,1-3H3. The van der Waals surface area contributed by atoms with E-state index in [1.165, 1.54) is 18.7 Å². The van der Waals surface area contributed by atoms with Crippen LogP contribution in [-0.2, 0) is 18.8 Å². The van der Waals surface area contributed by atoms with Gasteiger partial charge in [0.15, 0.2) is 11.2 Å². The Labute approximate surface area is 204 Å². The molecule has 0 amide bonds. The fourth-order valence-corrected chi connectivity index (χ4v) is 4.64. The average molecular weight is 479 g/mol. The molecule has 0 aliphatic rings. The van der Waals surface area contributed by atoms with Crippen LogP contribution in [0, 0.1) is 0 Å². The van der Waals surface area contributed by atoms with Crippen LogP contribution in [0.4, 0.5) is 0 Å².